The molecule has 1 aromatic rings. The molecule has 0 aliphatic carbocycles. The lowest BCUT2D eigenvalue weighted by Crippen LogP contribution is -2.53. The zero-order valence-corrected chi connectivity index (χ0v) is 25.0. The number of hydrogen-bond donors (Lipinski definition) is 10. The fourth-order valence-electron chi connectivity index (χ4n) is 3.84. The Labute approximate surface area is 260 Å². The third kappa shape index (κ3) is 12.8. The molecule has 1 aliphatic heterocycles. The molecule has 0 spiro atoms. The van der Waals surface area contributed by atoms with Crippen LogP contribution in [0.1, 0.15) is 37.8 Å². The number of aliphatic hydroxyl groups is 2. The first-order valence-corrected chi connectivity index (χ1v) is 15.1. The number of ether oxygens (including phenoxy) is 2. The van der Waals surface area contributed by atoms with Crippen molar-refractivity contribution in [1.29, 1.82) is 0 Å². The third-order valence-corrected chi connectivity index (χ3v) is 6.51. The van der Waals surface area contributed by atoms with Crippen LogP contribution in [0.25, 0.3) is 0 Å². The van der Waals surface area contributed by atoms with Gasteiger partial charge >= 0.3 is 25.7 Å². The van der Waals surface area contributed by atoms with Crippen molar-refractivity contribution in [3.8, 4) is 0 Å². The first-order valence-electron chi connectivity index (χ1n) is 13.6. The van der Waals surface area contributed by atoms with Gasteiger partial charge in [-0.15, -0.1) is 0 Å². The van der Waals surface area contributed by atoms with Crippen molar-refractivity contribution in [1.82, 2.24) is 25.9 Å². The predicted octanol–water partition coefficient (Wildman–Crippen LogP) is -3.26. The summed E-state index contributed by atoms with van der Waals surface area (Å²) < 4.78 is 24.2. The molecule has 0 fully saturated rings. The number of nitrogens with zero attached hydrogens (tertiary/aromatic N) is 1. The Kier molecular flexibility index (Phi) is 14.6. The summed E-state index contributed by atoms with van der Waals surface area (Å²) in [6, 6.07) is -2.47. The van der Waals surface area contributed by atoms with Crippen molar-refractivity contribution in [2.75, 3.05) is 19.7 Å². The number of phosphoric acid groups is 1. The fraction of sp³-hybridized carbons (Fsp3) is 0.542. The molecule has 1 aliphatic rings. The molecule has 11 N–H and O–H groups in total. The van der Waals surface area contributed by atoms with Crippen molar-refractivity contribution in [2.45, 2.75) is 62.8 Å². The lowest BCUT2D eigenvalue weighted by molar-refractivity contribution is -0.155. The topological polar surface area (TPSA) is 339 Å². The number of nitrogens with one attached hydrogen (secondary N) is 4. The van der Waals surface area contributed by atoms with Crippen LogP contribution in [-0.4, -0.2) is 115 Å². The SMILES string of the molecule is NCCCCC(NC(=O)CNC(=O)CCC(=O)OCC(O)C1OC(=O)C(OP(=O)(O)O)=C1O)C(=O)NC(Cc1cnc[nH]1)C(=O)O. The Bertz CT molecular complexity index is 1330. The number of unbranched alkanes of at least 4 members (excludes halogenated alkanes) is 1. The van der Waals surface area contributed by atoms with Crippen LogP contribution in [0.2, 0.25) is 0 Å². The van der Waals surface area contributed by atoms with Gasteiger partial charge in [0.05, 0.1) is 19.3 Å². The molecule has 0 radical (unpaired) electrons. The number of amides is 3. The van der Waals surface area contributed by atoms with E-state index in [0.29, 0.717) is 25.1 Å². The minimum absolute atomic E-state index is 0.0924. The standard InChI is InChI=1S/C24H35N6O15P/c25-6-2-1-3-13(22(36)30-14(23(37)38)7-12-8-26-11-28-12)29-17(33)9-27-16(32)4-5-18(34)43-10-15(31)20-19(35)21(24(39)44-20)45-46(40,41)42/h8,11,13-15,20,31,35H,1-7,9-10,25H2,(H,26,28)(H,27,32)(H,29,33)(H,30,36)(H,37,38)(H2,40,41,42). The number of hydrogen-bond acceptors (Lipinski definition) is 14. The summed E-state index contributed by atoms with van der Waals surface area (Å²) in [4.78, 5) is 96.8. The van der Waals surface area contributed by atoms with E-state index in [-0.39, 0.29) is 12.8 Å². The predicted molar refractivity (Wildman–Crippen MR) is 149 cm³/mol. The van der Waals surface area contributed by atoms with Gasteiger partial charge in [0.15, 0.2) is 11.9 Å². The number of cyclic esters (lactones) is 1. The molecule has 4 unspecified atom stereocenters. The van der Waals surface area contributed by atoms with E-state index in [4.69, 9.17) is 20.3 Å². The monoisotopic (exact) mass is 678 g/mol. The van der Waals surface area contributed by atoms with E-state index >= 15 is 0 Å². The number of carboxylic acids is 1. The van der Waals surface area contributed by atoms with Gasteiger partial charge in [0.2, 0.25) is 17.7 Å². The van der Waals surface area contributed by atoms with Crippen molar-refractivity contribution >= 4 is 43.5 Å². The molecule has 21 nitrogen and oxygen atoms in total. The first kappa shape index (κ1) is 37.6. The minimum atomic E-state index is -5.24. The van der Waals surface area contributed by atoms with Gasteiger partial charge in [-0.3, -0.25) is 29.0 Å². The van der Waals surface area contributed by atoms with Crippen LogP contribution in [0.15, 0.2) is 24.0 Å². The number of phosphoric ester groups is 1. The second-order valence-corrected chi connectivity index (χ2v) is 10.9. The molecule has 256 valence electrons. The number of carboxylic acid groups (broad SMARTS) is 1. The van der Waals surface area contributed by atoms with E-state index in [1.807, 2.05) is 0 Å². The number of aliphatic hydroxyl groups excluding tert-OH is 2. The average molecular weight is 679 g/mol. The van der Waals surface area contributed by atoms with E-state index in [9.17, 15) is 48.7 Å². The number of aliphatic carboxylic acids is 1. The second-order valence-electron chi connectivity index (χ2n) is 9.73. The van der Waals surface area contributed by atoms with Crippen molar-refractivity contribution < 1.29 is 72.4 Å². The Morgan fingerprint density at radius 1 is 1.11 bits per heavy atom. The Morgan fingerprint density at radius 3 is 2.43 bits per heavy atom. The largest absolute Gasteiger partial charge is 0.525 e. The molecule has 2 heterocycles. The van der Waals surface area contributed by atoms with E-state index in [1.165, 1.54) is 12.5 Å². The molecule has 0 saturated carbocycles. The van der Waals surface area contributed by atoms with Gasteiger partial charge in [-0.1, -0.05) is 0 Å². The number of H-pyrrole nitrogens is 1. The van der Waals surface area contributed by atoms with Crippen LogP contribution >= 0.6 is 7.82 Å². The van der Waals surface area contributed by atoms with E-state index in [0.717, 1.165) is 0 Å². The van der Waals surface area contributed by atoms with Gasteiger partial charge in [-0.25, -0.2) is 19.1 Å². The van der Waals surface area contributed by atoms with Crippen LogP contribution in [0.3, 0.4) is 0 Å². The number of carbonyl (C=O) groups is 6. The van der Waals surface area contributed by atoms with Gasteiger partial charge in [0.1, 0.15) is 24.8 Å². The van der Waals surface area contributed by atoms with Crippen LogP contribution in [-0.2, 0) is 53.8 Å². The number of carbonyl (C=O) groups excluding carboxylic acids is 5. The summed E-state index contributed by atoms with van der Waals surface area (Å²) >= 11 is 0. The third-order valence-electron chi connectivity index (χ3n) is 6.09. The maximum Gasteiger partial charge on any atom is 0.525 e. The molecule has 46 heavy (non-hydrogen) atoms. The van der Waals surface area contributed by atoms with Crippen LogP contribution in [0.4, 0.5) is 0 Å². The molecule has 1 aromatic heterocycles. The quantitative estimate of drug-likeness (QED) is 0.0367. The summed E-state index contributed by atoms with van der Waals surface area (Å²) in [5, 5.41) is 36.5. The summed E-state index contributed by atoms with van der Waals surface area (Å²) in [6.45, 7) is -1.13. The highest BCUT2D eigenvalue weighted by Gasteiger charge is 2.43. The van der Waals surface area contributed by atoms with Crippen molar-refractivity contribution in [3.63, 3.8) is 0 Å². The van der Waals surface area contributed by atoms with Crippen LogP contribution in [0.5, 0.6) is 0 Å². The molecule has 4 atom stereocenters. The van der Waals surface area contributed by atoms with Gasteiger partial charge in [-0.05, 0) is 25.8 Å². The van der Waals surface area contributed by atoms with Gasteiger partial charge in [0.25, 0.3) is 5.76 Å². The number of rotatable bonds is 20. The maximum absolute atomic E-state index is 12.8. The summed E-state index contributed by atoms with van der Waals surface area (Å²) in [6.07, 6.45) is -0.985. The number of imidazole rings is 1. The lowest BCUT2D eigenvalue weighted by Gasteiger charge is -2.21. The molecule has 3 amide bonds. The molecule has 2 rings (SSSR count). The highest BCUT2D eigenvalue weighted by molar-refractivity contribution is 7.46. The Morgan fingerprint density at radius 2 is 1.83 bits per heavy atom. The number of aromatic nitrogens is 2. The minimum Gasteiger partial charge on any atom is -0.505 e. The summed E-state index contributed by atoms with van der Waals surface area (Å²) in [7, 11) is -5.24. The van der Waals surface area contributed by atoms with Gasteiger partial charge in [0, 0.05) is 24.7 Å². The van der Waals surface area contributed by atoms with E-state index < -0.39 is 105 Å². The van der Waals surface area contributed by atoms with Crippen molar-refractivity contribution in [2.24, 2.45) is 5.73 Å². The summed E-state index contributed by atoms with van der Waals surface area (Å²) in [5.41, 5.74) is 5.95. The molecule has 0 saturated heterocycles. The zero-order valence-electron chi connectivity index (χ0n) is 24.1. The normalized spacial score (nSPS) is 16.5. The second kappa shape index (κ2) is 17.8. The van der Waals surface area contributed by atoms with Crippen LogP contribution in [0, 0.1) is 0 Å². The van der Waals surface area contributed by atoms with Crippen molar-refractivity contribution in [3.05, 3.63) is 29.7 Å². The van der Waals surface area contributed by atoms with E-state index in [2.05, 4.69) is 35.2 Å². The maximum atomic E-state index is 12.8. The van der Waals surface area contributed by atoms with E-state index in [1.54, 1.807) is 0 Å². The molecule has 0 bridgehead atoms. The number of esters is 2. The first-order chi connectivity index (χ1) is 21.6. The lowest BCUT2D eigenvalue weighted by atomic mass is 10.1. The smallest absolute Gasteiger partial charge is 0.505 e. The molecular formula is C24H35N6O15P. The highest BCUT2D eigenvalue weighted by Crippen LogP contribution is 2.42. The average Bonchev–Trinajstić information content (AvgIpc) is 3.59. The number of nitrogens with two attached hydrogens (primary N) is 1. The summed E-state index contributed by atoms with van der Waals surface area (Å²) in [5.74, 6) is -8.48. The van der Waals surface area contributed by atoms with Gasteiger partial charge in [-0.2, -0.15) is 0 Å². The molecule has 0 aromatic carbocycles. The van der Waals surface area contributed by atoms with Crippen LogP contribution < -0.4 is 21.7 Å². The number of aromatic amines is 1. The highest BCUT2D eigenvalue weighted by atomic mass is 31.2. The van der Waals surface area contributed by atoms with Gasteiger partial charge < -0.3 is 56.0 Å². The zero-order chi connectivity index (χ0) is 34.4. The molecule has 22 heteroatoms. The Hall–Kier alpha value is -4.56. The fourth-order valence-corrected chi connectivity index (χ4v) is 4.24. The Balaban J connectivity index is 1.80. The molecular weight excluding hydrogens is 643 g/mol.